The van der Waals surface area contributed by atoms with E-state index >= 15 is 0 Å². The first-order chi connectivity index (χ1) is 10.1. The topological polar surface area (TPSA) is 77.2 Å². The van der Waals surface area contributed by atoms with Crippen LogP contribution in [0.5, 0.6) is 0 Å². The highest BCUT2D eigenvalue weighted by molar-refractivity contribution is 7.10. The van der Waals surface area contributed by atoms with Crippen LogP contribution in [0.1, 0.15) is 48.8 Å². The molecule has 0 spiro atoms. The average Bonchev–Trinajstić information content (AvgIpc) is 3.09. The predicted octanol–water partition coefficient (Wildman–Crippen LogP) is 3.51. The molecular weight excluding hydrogens is 290 g/mol. The first kappa shape index (κ1) is 15.5. The van der Waals surface area contributed by atoms with Crippen LogP contribution in [-0.4, -0.2) is 22.8 Å². The summed E-state index contributed by atoms with van der Waals surface area (Å²) in [6, 6.07) is 4.39. The van der Waals surface area contributed by atoms with Gasteiger partial charge in [-0.1, -0.05) is 30.1 Å². The summed E-state index contributed by atoms with van der Waals surface area (Å²) in [6.07, 6.45) is 0.928. The van der Waals surface area contributed by atoms with Crippen molar-refractivity contribution in [3.05, 3.63) is 28.3 Å². The van der Waals surface area contributed by atoms with Gasteiger partial charge in [-0.05, 0) is 30.7 Å². The van der Waals surface area contributed by atoms with E-state index in [0.717, 1.165) is 6.42 Å². The summed E-state index contributed by atoms with van der Waals surface area (Å²) in [6.45, 7) is 6.30. The maximum Gasteiger partial charge on any atom is 0.396 e. The summed E-state index contributed by atoms with van der Waals surface area (Å²) in [5.74, 6) is -0.222. The maximum atomic E-state index is 11.5. The normalized spacial score (nSPS) is 12.4. The van der Waals surface area contributed by atoms with E-state index < -0.39 is 5.97 Å². The summed E-state index contributed by atoms with van der Waals surface area (Å²) in [5.41, 5.74) is 0. The smallest absolute Gasteiger partial charge is 0.396 e. The largest absolute Gasteiger partial charge is 0.459 e. The van der Waals surface area contributed by atoms with Crippen LogP contribution in [0.2, 0.25) is 0 Å². The summed E-state index contributed by atoms with van der Waals surface area (Å²) < 4.78 is 10.1. The Morgan fingerprint density at radius 2 is 2.29 bits per heavy atom. The fourth-order valence-corrected chi connectivity index (χ4v) is 2.70. The quantitative estimate of drug-likeness (QED) is 0.789. The van der Waals surface area contributed by atoms with Crippen LogP contribution < -0.4 is 5.32 Å². The van der Waals surface area contributed by atoms with E-state index in [4.69, 9.17) is 9.15 Å². The van der Waals surface area contributed by atoms with Crippen LogP contribution >= 0.6 is 11.3 Å². The summed E-state index contributed by atoms with van der Waals surface area (Å²) in [5, 5.41) is 12.8. The third-order valence-electron chi connectivity index (χ3n) is 2.77. The number of aromatic nitrogens is 2. The van der Waals surface area contributed by atoms with Crippen LogP contribution in [0.4, 0.5) is 6.01 Å². The second-order valence-corrected chi connectivity index (χ2v) is 5.95. The minimum Gasteiger partial charge on any atom is -0.459 e. The number of hydrogen-bond donors (Lipinski definition) is 1. The highest BCUT2D eigenvalue weighted by Gasteiger charge is 2.20. The molecule has 2 rings (SSSR count). The molecule has 0 aliphatic heterocycles. The van der Waals surface area contributed by atoms with Gasteiger partial charge in [0.15, 0.2) is 0 Å². The third-order valence-corrected chi connectivity index (χ3v) is 3.75. The Morgan fingerprint density at radius 1 is 1.48 bits per heavy atom. The van der Waals surface area contributed by atoms with Gasteiger partial charge in [-0.3, -0.25) is 0 Å². The number of ether oxygens (including phenoxy) is 1. The lowest BCUT2D eigenvalue weighted by atomic mass is 10.0. The minimum absolute atomic E-state index is 0.0838. The van der Waals surface area contributed by atoms with E-state index in [2.05, 4.69) is 35.4 Å². The number of thiophene rings is 1. The molecule has 114 valence electrons. The lowest BCUT2D eigenvalue weighted by Crippen LogP contribution is -2.12. The van der Waals surface area contributed by atoms with Gasteiger partial charge in [0.05, 0.1) is 12.6 Å². The molecule has 1 N–H and O–H groups in total. The minimum atomic E-state index is -0.602. The van der Waals surface area contributed by atoms with Crippen molar-refractivity contribution in [1.82, 2.24) is 10.2 Å². The Balaban J connectivity index is 2.08. The van der Waals surface area contributed by atoms with E-state index in [1.54, 1.807) is 18.3 Å². The molecule has 0 fully saturated rings. The Kier molecular flexibility index (Phi) is 5.32. The maximum absolute atomic E-state index is 11.5. The molecule has 0 bridgehead atoms. The van der Waals surface area contributed by atoms with Gasteiger partial charge in [0.25, 0.3) is 0 Å². The highest BCUT2D eigenvalue weighted by Crippen LogP contribution is 2.28. The number of esters is 1. The van der Waals surface area contributed by atoms with Crippen molar-refractivity contribution in [2.24, 2.45) is 5.92 Å². The first-order valence-corrected chi connectivity index (χ1v) is 7.78. The summed E-state index contributed by atoms with van der Waals surface area (Å²) in [4.78, 5) is 12.7. The number of rotatable bonds is 7. The van der Waals surface area contributed by atoms with Gasteiger partial charge in [-0.25, -0.2) is 4.79 Å². The first-order valence-electron chi connectivity index (χ1n) is 6.90. The molecular formula is C14H19N3O3S. The van der Waals surface area contributed by atoms with E-state index in [1.165, 1.54) is 4.88 Å². The van der Waals surface area contributed by atoms with Gasteiger partial charge in [0.2, 0.25) is 0 Å². The lowest BCUT2D eigenvalue weighted by molar-refractivity contribution is 0.0481. The van der Waals surface area contributed by atoms with Crippen molar-refractivity contribution in [3.8, 4) is 0 Å². The van der Waals surface area contributed by atoms with E-state index in [1.807, 2.05) is 11.4 Å². The standard InChI is InChI=1S/C14H19N3O3S/c1-4-19-13(18)12-16-17-14(20-12)15-10(8-9(2)3)11-6-5-7-21-11/h5-7,9-10H,4,8H2,1-3H3,(H,15,17). The molecule has 0 aliphatic rings. The highest BCUT2D eigenvalue weighted by atomic mass is 32.1. The van der Waals surface area contributed by atoms with Crippen molar-refractivity contribution >= 4 is 23.3 Å². The molecule has 0 aromatic carbocycles. The van der Waals surface area contributed by atoms with Gasteiger partial charge >= 0.3 is 17.9 Å². The van der Waals surface area contributed by atoms with Gasteiger partial charge in [-0.15, -0.1) is 11.3 Å². The Hall–Kier alpha value is -1.89. The monoisotopic (exact) mass is 309 g/mol. The second kappa shape index (κ2) is 7.21. The number of nitrogens with one attached hydrogen (secondary N) is 1. The zero-order chi connectivity index (χ0) is 15.2. The Labute approximate surface area is 127 Å². The zero-order valence-electron chi connectivity index (χ0n) is 12.3. The second-order valence-electron chi connectivity index (χ2n) is 4.97. The summed E-state index contributed by atoms with van der Waals surface area (Å²) >= 11 is 1.67. The summed E-state index contributed by atoms with van der Waals surface area (Å²) in [7, 11) is 0. The third kappa shape index (κ3) is 4.29. The van der Waals surface area contributed by atoms with Crippen molar-refractivity contribution in [2.45, 2.75) is 33.2 Å². The van der Waals surface area contributed by atoms with Crippen LogP contribution in [-0.2, 0) is 4.74 Å². The van der Waals surface area contributed by atoms with Gasteiger partial charge < -0.3 is 14.5 Å². The van der Waals surface area contributed by atoms with E-state index in [9.17, 15) is 4.79 Å². The van der Waals surface area contributed by atoms with Crippen LogP contribution in [0, 0.1) is 5.92 Å². The molecule has 7 heteroatoms. The lowest BCUT2D eigenvalue weighted by Gasteiger charge is -2.17. The van der Waals surface area contributed by atoms with Crippen molar-refractivity contribution in [1.29, 1.82) is 0 Å². The SMILES string of the molecule is CCOC(=O)c1nnc(NC(CC(C)C)c2cccs2)o1. The van der Waals surface area contributed by atoms with E-state index in [0.29, 0.717) is 5.92 Å². The molecule has 0 aliphatic carbocycles. The molecule has 0 saturated carbocycles. The van der Waals surface area contributed by atoms with Gasteiger partial charge in [0.1, 0.15) is 0 Å². The van der Waals surface area contributed by atoms with Gasteiger partial charge in [-0.2, -0.15) is 0 Å². The molecule has 2 aromatic heterocycles. The molecule has 2 heterocycles. The van der Waals surface area contributed by atoms with Crippen molar-refractivity contribution in [2.75, 3.05) is 11.9 Å². The van der Waals surface area contributed by atoms with Crippen molar-refractivity contribution in [3.63, 3.8) is 0 Å². The molecule has 0 saturated heterocycles. The van der Waals surface area contributed by atoms with E-state index in [-0.39, 0.29) is 24.6 Å². The molecule has 1 atom stereocenters. The number of anilines is 1. The fraction of sp³-hybridized carbons (Fsp3) is 0.500. The molecule has 2 aromatic rings. The number of carbonyl (C=O) groups is 1. The van der Waals surface area contributed by atoms with Crippen LogP contribution in [0.15, 0.2) is 21.9 Å². The number of carbonyl (C=O) groups excluding carboxylic acids is 1. The molecule has 0 radical (unpaired) electrons. The molecule has 21 heavy (non-hydrogen) atoms. The zero-order valence-corrected chi connectivity index (χ0v) is 13.1. The van der Waals surface area contributed by atoms with Crippen LogP contribution in [0.3, 0.4) is 0 Å². The Bertz CT molecular complexity index is 566. The molecule has 0 amide bonds. The Morgan fingerprint density at radius 3 is 2.90 bits per heavy atom. The van der Waals surface area contributed by atoms with Gasteiger partial charge in [0, 0.05) is 4.88 Å². The molecule has 1 unspecified atom stereocenters. The number of hydrogen-bond acceptors (Lipinski definition) is 7. The fourth-order valence-electron chi connectivity index (χ4n) is 1.91. The number of nitrogens with zero attached hydrogens (tertiary/aromatic N) is 2. The van der Waals surface area contributed by atoms with Crippen molar-refractivity contribution < 1.29 is 13.9 Å². The average molecular weight is 309 g/mol. The predicted molar refractivity (Wildman–Crippen MR) is 80.4 cm³/mol. The van der Waals surface area contributed by atoms with Crippen LogP contribution in [0.25, 0.3) is 0 Å². The molecule has 6 nitrogen and oxygen atoms in total.